The highest BCUT2D eigenvalue weighted by molar-refractivity contribution is 6.30. The molecule has 3 aromatic rings. The maximum atomic E-state index is 12.6. The minimum atomic E-state index is -0.503. The van der Waals surface area contributed by atoms with Gasteiger partial charge in [0.1, 0.15) is 23.4 Å². The van der Waals surface area contributed by atoms with Gasteiger partial charge in [-0.2, -0.15) is 0 Å². The van der Waals surface area contributed by atoms with E-state index < -0.39 is 11.3 Å². The Labute approximate surface area is 153 Å². The zero-order valence-corrected chi connectivity index (χ0v) is 14.3. The molecule has 3 rings (SSSR count). The van der Waals surface area contributed by atoms with E-state index in [9.17, 15) is 9.59 Å². The van der Waals surface area contributed by atoms with Crippen LogP contribution in [0.25, 0.3) is 11.0 Å². The van der Waals surface area contributed by atoms with E-state index in [1.807, 2.05) is 0 Å². The summed E-state index contributed by atoms with van der Waals surface area (Å²) >= 11 is 5.83. The van der Waals surface area contributed by atoms with Crippen molar-refractivity contribution in [1.82, 2.24) is 15.3 Å². The van der Waals surface area contributed by atoms with E-state index in [0.29, 0.717) is 16.2 Å². The van der Waals surface area contributed by atoms with Crippen LogP contribution in [0.15, 0.2) is 47.4 Å². The van der Waals surface area contributed by atoms with Gasteiger partial charge in [-0.3, -0.25) is 9.59 Å². The lowest BCUT2D eigenvalue weighted by molar-refractivity contribution is 0.0949. The van der Waals surface area contributed by atoms with Gasteiger partial charge in [0.15, 0.2) is 0 Å². The fraction of sp³-hybridized carbons (Fsp3) is 0.105. The van der Waals surface area contributed by atoms with Crippen molar-refractivity contribution in [3.8, 4) is 11.8 Å². The Morgan fingerprint density at radius 1 is 1.23 bits per heavy atom. The summed E-state index contributed by atoms with van der Waals surface area (Å²) < 4.78 is 0. The predicted molar refractivity (Wildman–Crippen MR) is 98.9 cm³/mol. The van der Waals surface area contributed by atoms with E-state index >= 15 is 0 Å². The number of carbonyl (C=O) groups excluding carboxylic acids is 1. The molecule has 0 aliphatic carbocycles. The van der Waals surface area contributed by atoms with Gasteiger partial charge in [-0.15, -0.1) is 0 Å². The van der Waals surface area contributed by atoms with Crippen LogP contribution in [-0.2, 0) is 6.54 Å². The van der Waals surface area contributed by atoms with E-state index in [-0.39, 0.29) is 24.2 Å². The number of pyridine rings is 2. The number of nitrogens with zero attached hydrogens (tertiary/aromatic N) is 1. The number of carbonyl (C=O) groups is 1. The van der Waals surface area contributed by atoms with Crippen molar-refractivity contribution in [3.63, 3.8) is 0 Å². The number of aromatic nitrogens is 2. The van der Waals surface area contributed by atoms with Crippen molar-refractivity contribution in [3.05, 3.63) is 74.7 Å². The number of nitrogens with one attached hydrogen (secondary N) is 2. The number of aliphatic hydroxyl groups is 1. The monoisotopic (exact) mass is 367 g/mol. The van der Waals surface area contributed by atoms with Crippen LogP contribution in [0.3, 0.4) is 0 Å². The van der Waals surface area contributed by atoms with Crippen LogP contribution in [0.5, 0.6) is 0 Å². The van der Waals surface area contributed by atoms with Crippen molar-refractivity contribution in [2.75, 3.05) is 6.61 Å². The molecule has 6 nitrogen and oxygen atoms in total. The Bertz CT molecular complexity index is 1080. The number of rotatable bonds is 3. The van der Waals surface area contributed by atoms with Gasteiger partial charge in [0.2, 0.25) is 5.43 Å². The average molecular weight is 368 g/mol. The third-order valence-corrected chi connectivity index (χ3v) is 3.89. The Balaban J connectivity index is 1.86. The minimum absolute atomic E-state index is 0.0359. The molecular weight excluding hydrogens is 354 g/mol. The highest BCUT2D eigenvalue weighted by Gasteiger charge is 2.14. The summed E-state index contributed by atoms with van der Waals surface area (Å²) in [7, 11) is 0. The number of H-pyrrole nitrogens is 1. The van der Waals surface area contributed by atoms with Gasteiger partial charge in [0, 0.05) is 17.8 Å². The molecule has 130 valence electrons. The molecule has 2 aromatic heterocycles. The van der Waals surface area contributed by atoms with Crippen molar-refractivity contribution >= 4 is 28.5 Å². The largest absolute Gasteiger partial charge is 0.384 e. The molecule has 0 fully saturated rings. The molecule has 0 saturated heterocycles. The molecule has 0 aliphatic heterocycles. The number of aromatic amines is 1. The number of hydrogen-bond donors (Lipinski definition) is 3. The Hall–Kier alpha value is -3.14. The van der Waals surface area contributed by atoms with Crippen molar-refractivity contribution in [2.24, 2.45) is 0 Å². The summed E-state index contributed by atoms with van der Waals surface area (Å²) in [6, 6.07) is 10.3. The molecule has 7 heteroatoms. The molecule has 0 spiro atoms. The second-order valence-corrected chi connectivity index (χ2v) is 5.83. The van der Waals surface area contributed by atoms with Crippen molar-refractivity contribution in [1.29, 1.82) is 0 Å². The van der Waals surface area contributed by atoms with E-state index in [1.165, 1.54) is 6.20 Å². The summed E-state index contributed by atoms with van der Waals surface area (Å²) in [4.78, 5) is 32.0. The molecule has 0 saturated carbocycles. The molecule has 0 unspecified atom stereocenters. The van der Waals surface area contributed by atoms with Gasteiger partial charge in [0.25, 0.3) is 5.91 Å². The molecule has 3 N–H and O–H groups in total. The van der Waals surface area contributed by atoms with Crippen LogP contribution in [0, 0.1) is 11.8 Å². The second kappa shape index (κ2) is 7.83. The third kappa shape index (κ3) is 3.91. The first-order valence-electron chi connectivity index (χ1n) is 7.73. The van der Waals surface area contributed by atoms with Crippen LogP contribution in [0.4, 0.5) is 0 Å². The Morgan fingerprint density at radius 2 is 2.00 bits per heavy atom. The smallest absolute Gasteiger partial charge is 0.257 e. The van der Waals surface area contributed by atoms with E-state index in [2.05, 4.69) is 27.1 Å². The summed E-state index contributed by atoms with van der Waals surface area (Å²) in [6.07, 6.45) is 1.36. The molecule has 0 bridgehead atoms. The van der Waals surface area contributed by atoms with Gasteiger partial charge in [-0.1, -0.05) is 29.7 Å². The van der Waals surface area contributed by atoms with Crippen LogP contribution in [0.2, 0.25) is 5.02 Å². The lowest BCUT2D eigenvalue weighted by Gasteiger charge is -2.06. The van der Waals surface area contributed by atoms with E-state index in [4.69, 9.17) is 16.7 Å². The lowest BCUT2D eigenvalue weighted by atomic mass is 10.2. The van der Waals surface area contributed by atoms with Crippen LogP contribution >= 0.6 is 11.6 Å². The minimum Gasteiger partial charge on any atom is -0.384 e. The number of fused-ring (bicyclic) bond motifs is 1. The molecule has 0 aliphatic rings. The van der Waals surface area contributed by atoms with Gasteiger partial charge in [0.05, 0.1) is 5.52 Å². The maximum Gasteiger partial charge on any atom is 0.257 e. The quantitative estimate of drug-likeness (QED) is 0.616. The molecule has 0 atom stereocenters. The Morgan fingerprint density at radius 3 is 2.73 bits per heavy atom. The number of aliphatic hydroxyl groups excluding tert-OH is 1. The van der Waals surface area contributed by atoms with E-state index in [0.717, 1.165) is 5.56 Å². The lowest BCUT2D eigenvalue weighted by Crippen LogP contribution is -2.28. The van der Waals surface area contributed by atoms with Crippen LogP contribution in [-0.4, -0.2) is 27.6 Å². The van der Waals surface area contributed by atoms with Gasteiger partial charge < -0.3 is 15.4 Å². The van der Waals surface area contributed by atoms with Gasteiger partial charge in [-0.25, -0.2) is 4.98 Å². The fourth-order valence-electron chi connectivity index (χ4n) is 2.34. The first-order valence-corrected chi connectivity index (χ1v) is 8.11. The molecule has 26 heavy (non-hydrogen) atoms. The predicted octanol–water partition coefficient (Wildman–Crippen LogP) is 1.85. The highest BCUT2D eigenvalue weighted by atomic mass is 35.5. The molecule has 1 aromatic carbocycles. The van der Waals surface area contributed by atoms with Crippen molar-refractivity contribution in [2.45, 2.75) is 6.54 Å². The third-order valence-electron chi connectivity index (χ3n) is 3.63. The topological polar surface area (TPSA) is 95.1 Å². The SMILES string of the molecule is O=C(NCc1ccc(Cl)cc1)c1c[nH]c2ccc(C#CCO)nc2c1=O. The first-order chi connectivity index (χ1) is 12.6. The zero-order chi connectivity index (χ0) is 18.5. The summed E-state index contributed by atoms with van der Waals surface area (Å²) in [6.45, 7) is -0.0356. The summed E-state index contributed by atoms with van der Waals surface area (Å²) in [5.74, 6) is 4.61. The van der Waals surface area contributed by atoms with Gasteiger partial charge >= 0.3 is 0 Å². The standard InChI is InChI=1S/C19H14ClN3O3/c20-13-5-3-12(4-6-13)10-22-19(26)15-11-21-16-8-7-14(2-1-9-24)23-17(16)18(15)25/h3-8,11,24H,9-10H2,(H,21,25)(H,22,26). The maximum absolute atomic E-state index is 12.6. The van der Waals surface area contributed by atoms with Crippen molar-refractivity contribution < 1.29 is 9.90 Å². The molecule has 2 heterocycles. The number of amides is 1. The van der Waals surface area contributed by atoms with E-state index in [1.54, 1.807) is 36.4 Å². The second-order valence-electron chi connectivity index (χ2n) is 5.39. The highest BCUT2D eigenvalue weighted by Crippen LogP contribution is 2.10. The first kappa shape index (κ1) is 17.7. The molecular formula is C19H14ClN3O3. The summed E-state index contributed by atoms with van der Waals surface area (Å²) in [5.41, 5.74) is 1.30. The summed E-state index contributed by atoms with van der Waals surface area (Å²) in [5, 5.41) is 12.1. The number of halogens is 1. The number of hydrogen-bond acceptors (Lipinski definition) is 4. The average Bonchev–Trinajstić information content (AvgIpc) is 2.66. The van der Waals surface area contributed by atoms with Gasteiger partial charge in [-0.05, 0) is 35.7 Å². The van der Waals surface area contributed by atoms with Crippen LogP contribution in [0.1, 0.15) is 21.6 Å². The Kier molecular flexibility index (Phi) is 5.32. The molecule has 1 amide bonds. The number of benzene rings is 1. The zero-order valence-electron chi connectivity index (χ0n) is 13.5. The fourth-order valence-corrected chi connectivity index (χ4v) is 2.47. The van der Waals surface area contributed by atoms with Crippen LogP contribution < -0.4 is 10.7 Å². The molecule has 0 radical (unpaired) electrons. The normalized spacial score (nSPS) is 10.2.